The molecule has 0 spiro atoms. The number of anilines is 1. The Morgan fingerprint density at radius 1 is 1.14 bits per heavy atom. The predicted octanol–water partition coefficient (Wildman–Crippen LogP) is 3.44. The molecule has 0 bridgehead atoms. The maximum Gasteiger partial charge on any atom is 0.312 e. The Morgan fingerprint density at radius 3 is 2.43 bits per heavy atom. The number of ether oxygens (including phenoxy) is 1. The van der Waals surface area contributed by atoms with Crippen molar-refractivity contribution in [2.75, 3.05) is 37.6 Å². The zero-order valence-electron chi connectivity index (χ0n) is 17.1. The molecule has 0 N–H and O–H groups in total. The molecule has 0 amide bonds. The van der Waals surface area contributed by atoms with Gasteiger partial charge in [-0.1, -0.05) is 26.0 Å². The van der Waals surface area contributed by atoms with Crippen molar-refractivity contribution in [3.05, 3.63) is 29.8 Å². The highest BCUT2D eigenvalue weighted by Gasteiger charge is 2.46. The van der Waals surface area contributed by atoms with Gasteiger partial charge >= 0.3 is 5.97 Å². The van der Waals surface area contributed by atoms with Gasteiger partial charge in [0.1, 0.15) is 12.2 Å². The Morgan fingerprint density at radius 2 is 1.82 bits per heavy atom. The molecule has 150 valence electrons. The van der Waals surface area contributed by atoms with Crippen molar-refractivity contribution < 1.29 is 9.53 Å². The van der Waals surface area contributed by atoms with Gasteiger partial charge in [-0.2, -0.15) is 5.26 Å². The molecular weight excluding hydrogens is 350 g/mol. The highest BCUT2D eigenvalue weighted by molar-refractivity contribution is 5.78. The van der Waals surface area contributed by atoms with E-state index in [1.54, 1.807) is 0 Å². The molecule has 4 rings (SSSR count). The number of benzene rings is 1. The zero-order chi connectivity index (χ0) is 19.7. The molecule has 5 nitrogen and oxygen atoms in total. The largest absolute Gasteiger partial charge is 0.462 e. The topological polar surface area (TPSA) is 56.6 Å². The van der Waals surface area contributed by atoms with Crippen molar-refractivity contribution in [2.24, 2.45) is 17.3 Å². The average molecular weight is 382 g/mol. The normalized spacial score (nSPS) is 29.0. The minimum absolute atomic E-state index is 0.0209. The van der Waals surface area contributed by atoms with Crippen LogP contribution in [0.3, 0.4) is 0 Å². The fourth-order valence-corrected chi connectivity index (χ4v) is 5.47. The fraction of sp³-hybridized carbons (Fsp3) is 0.652. The van der Waals surface area contributed by atoms with E-state index in [-0.39, 0.29) is 17.5 Å². The molecule has 2 unspecified atom stereocenters. The molecule has 0 aromatic heterocycles. The van der Waals surface area contributed by atoms with Gasteiger partial charge in [-0.05, 0) is 43.2 Å². The van der Waals surface area contributed by atoms with Crippen molar-refractivity contribution in [3.8, 4) is 6.07 Å². The van der Waals surface area contributed by atoms with Crippen LogP contribution in [-0.4, -0.2) is 49.7 Å². The van der Waals surface area contributed by atoms with Gasteiger partial charge < -0.3 is 14.5 Å². The third kappa shape index (κ3) is 3.39. The van der Waals surface area contributed by atoms with E-state index in [1.165, 1.54) is 0 Å². The van der Waals surface area contributed by atoms with Crippen LogP contribution in [0.5, 0.6) is 0 Å². The Balaban J connectivity index is 1.28. The third-order valence-electron chi connectivity index (χ3n) is 7.37. The number of carbonyl (C=O) groups excluding carboxylic acids is 1. The maximum absolute atomic E-state index is 12.3. The first-order valence-electron chi connectivity index (χ1n) is 10.8. The number of likely N-dealkylation sites (tertiary alicyclic amines) is 1. The lowest BCUT2D eigenvalue weighted by atomic mass is 9.79. The standard InChI is InChI=1S/C23H31N3O2/c1-3-23(4-2)11-20(28-22(23)27)9-10-25-13-18-15-26(16-19(18)14-25)21-8-6-5-7-17(21)12-24/h5-8,18-20H,3-4,9-11,13-16H2,1-2H3/t18-,19?,20?/m1/s1. The molecule has 3 fully saturated rings. The van der Waals surface area contributed by atoms with Gasteiger partial charge in [0.2, 0.25) is 0 Å². The van der Waals surface area contributed by atoms with Crippen LogP contribution >= 0.6 is 0 Å². The first kappa shape index (κ1) is 19.3. The molecule has 5 heteroatoms. The molecule has 1 aromatic carbocycles. The van der Waals surface area contributed by atoms with Crippen molar-refractivity contribution in [1.29, 1.82) is 5.26 Å². The first-order valence-corrected chi connectivity index (χ1v) is 10.8. The Bertz CT molecular complexity index is 753. The van der Waals surface area contributed by atoms with Gasteiger partial charge in [-0.15, -0.1) is 0 Å². The van der Waals surface area contributed by atoms with Crippen LogP contribution in [0, 0.1) is 28.6 Å². The lowest BCUT2D eigenvalue weighted by molar-refractivity contribution is -0.149. The summed E-state index contributed by atoms with van der Waals surface area (Å²) >= 11 is 0. The van der Waals surface area contributed by atoms with Crippen LogP contribution in [0.15, 0.2) is 24.3 Å². The monoisotopic (exact) mass is 381 g/mol. The Kier molecular flexibility index (Phi) is 5.33. The van der Waals surface area contributed by atoms with Crippen molar-refractivity contribution >= 4 is 11.7 Å². The number of para-hydroxylation sites is 1. The Hall–Kier alpha value is -2.06. The van der Waals surface area contributed by atoms with Crippen LogP contribution < -0.4 is 4.90 Å². The average Bonchev–Trinajstić information content (AvgIpc) is 3.37. The van der Waals surface area contributed by atoms with Crippen LogP contribution in [-0.2, 0) is 9.53 Å². The molecule has 0 radical (unpaired) electrons. The lowest BCUT2D eigenvalue weighted by Crippen LogP contribution is -2.31. The van der Waals surface area contributed by atoms with E-state index in [1.807, 2.05) is 18.2 Å². The predicted molar refractivity (Wildman–Crippen MR) is 109 cm³/mol. The molecule has 3 saturated heterocycles. The summed E-state index contributed by atoms with van der Waals surface area (Å²) in [5.74, 6) is 1.36. The number of fused-ring (bicyclic) bond motifs is 1. The fourth-order valence-electron chi connectivity index (χ4n) is 5.47. The van der Waals surface area contributed by atoms with Gasteiger partial charge in [-0.3, -0.25) is 4.79 Å². The second kappa shape index (κ2) is 7.75. The highest BCUT2D eigenvalue weighted by atomic mass is 16.6. The van der Waals surface area contributed by atoms with E-state index in [4.69, 9.17) is 4.74 Å². The molecule has 0 saturated carbocycles. The summed E-state index contributed by atoms with van der Waals surface area (Å²) in [5, 5.41) is 9.37. The highest BCUT2D eigenvalue weighted by Crippen LogP contribution is 2.41. The van der Waals surface area contributed by atoms with Gasteiger partial charge in [0.15, 0.2) is 0 Å². The third-order valence-corrected chi connectivity index (χ3v) is 7.37. The number of carbonyl (C=O) groups is 1. The van der Waals surface area contributed by atoms with Gasteiger partial charge in [0, 0.05) is 39.1 Å². The second-order valence-corrected chi connectivity index (χ2v) is 8.82. The molecular formula is C23H31N3O2. The van der Waals surface area contributed by atoms with Crippen LogP contribution in [0.4, 0.5) is 5.69 Å². The lowest BCUT2D eigenvalue weighted by Gasteiger charge is -2.24. The summed E-state index contributed by atoms with van der Waals surface area (Å²) in [5.41, 5.74) is 1.62. The smallest absolute Gasteiger partial charge is 0.312 e. The number of nitrogens with zero attached hydrogens (tertiary/aromatic N) is 3. The summed E-state index contributed by atoms with van der Waals surface area (Å²) < 4.78 is 5.71. The van der Waals surface area contributed by atoms with E-state index in [9.17, 15) is 10.1 Å². The molecule has 3 atom stereocenters. The maximum atomic E-state index is 12.3. The molecule has 0 aliphatic carbocycles. The van der Waals surface area contributed by atoms with Crippen LogP contribution in [0.1, 0.15) is 45.1 Å². The SMILES string of the molecule is CCC1(CC)CC(CCN2CC3CN(c4ccccc4C#N)C[C@H]3C2)OC1=O. The van der Waals surface area contributed by atoms with E-state index in [0.29, 0.717) is 11.8 Å². The van der Waals surface area contributed by atoms with Crippen molar-refractivity contribution in [1.82, 2.24) is 4.90 Å². The first-order chi connectivity index (χ1) is 13.6. The summed E-state index contributed by atoms with van der Waals surface area (Å²) in [7, 11) is 0. The quantitative estimate of drug-likeness (QED) is 0.707. The van der Waals surface area contributed by atoms with Crippen molar-refractivity contribution in [2.45, 2.75) is 45.6 Å². The zero-order valence-corrected chi connectivity index (χ0v) is 17.1. The van der Waals surface area contributed by atoms with E-state index in [2.05, 4.69) is 35.8 Å². The van der Waals surface area contributed by atoms with E-state index in [0.717, 1.165) is 69.7 Å². The van der Waals surface area contributed by atoms with Crippen molar-refractivity contribution in [3.63, 3.8) is 0 Å². The minimum Gasteiger partial charge on any atom is -0.462 e. The Labute approximate surface area is 168 Å². The number of hydrogen-bond donors (Lipinski definition) is 0. The summed E-state index contributed by atoms with van der Waals surface area (Å²) in [6, 6.07) is 10.3. The minimum atomic E-state index is -0.235. The number of nitriles is 1. The van der Waals surface area contributed by atoms with Gasteiger partial charge in [-0.25, -0.2) is 0 Å². The van der Waals surface area contributed by atoms with Crippen LogP contribution in [0.25, 0.3) is 0 Å². The summed E-state index contributed by atoms with van der Waals surface area (Å²) in [4.78, 5) is 17.2. The number of hydrogen-bond acceptors (Lipinski definition) is 5. The molecule has 28 heavy (non-hydrogen) atoms. The second-order valence-electron chi connectivity index (χ2n) is 8.82. The van der Waals surface area contributed by atoms with E-state index < -0.39 is 0 Å². The summed E-state index contributed by atoms with van der Waals surface area (Å²) in [6.45, 7) is 9.52. The molecule has 3 heterocycles. The summed E-state index contributed by atoms with van der Waals surface area (Å²) in [6.07, 6.45) is 3.69. The number of cyclic esters (lactones) is 1. The number of rotatable bonds is 6. The van der Waals surface area contributed by atoms with Gasteiger partial charge in [0.25, 0.3) is 0 Å². The molecule has 3 aliphatic heterocycles. The molecule has 1 aromatic rings. The van der Waals surface area contributed by atoms with Crippen LogP contribution in [0.2, 0.25) is 0 Å². The van der Waals surface area contributed by atoms with Gasteiger partial charge in [0.05, 0.1) is 16.7 Å². The molecule has 3 aliphatic rings. The number of esters is 1. The van der Waals surface area contributed by atoms with E-state index >= 15 is 0 Å².